The molecule has 0 aliphatic carbocycles. The predicted octanol–water partition coefficient (Wildman–Crippen LogP) is 1.52. The fourth-order valence-electron chi connectivity index (χ4n) is 1.23. The van der Waals surface area contributed by atoms with Gasteiger partial charge in [-0.05, 0) is 24.8 Å². The summed E-state index contributed by atoms with van der Waals surface area (Å²) in [5.74, 6) is 0.0879. The standard InChI is InChI=1S/C11H17NO2S/c1-9(8-13)12(2)11(14)6-5-10-4-3-7-15-10/h3-4,7,9,13H,5-6,8H2,1-2H3. The summed E-state index contributed by atoms with van der Waals surface area (Å²) >= 11 is 1.67. The third-order valence-corrected chi connectivity index (χ3v) is 3.42. The molecule has 1 aromatic rings. The van der Waals surface area contributed by atoms with Gasteiger partial charge in [-0.25, -0.2) is 0 Å². The molecule has 0 spiro atoms. The van der Waals surface area contributed by atoms with E-state index < -0.39 is 0 Å². The molecule has 0 saturated heterocycles. The molecule has 4 heteroatoms. The van der Waals surface area contributed by atoms with Gasteiger partial charge < -0.3 is 10.0 Å². The number of aryl methyl sites for hydroxylation is 1. The van der Waals surface area contributed by atoms with E-state index in [-0.39, 0.29) is 18.6 Å². The summed E-state index contributed by atoms with van der Waals surface area (Å²) in [7, 11) is 1.73. The van der Waals surface area contributed by atoms with E-state index in [2.05, 4.69) is 0 Å². The van der Waals surface area contributed by atoms with Crippen molar-refractivity contribution in [3.05, 3.63) is 22.4 Å². The number of carbonyl (C=O) groups is 1. The molecule has 3 nitrogen and oxygen atoms in total. The molecular weight excluding hydrogens is 210 g/mol. The molecule has 1 unspecified atom stereocenters. The first-order valence-electron chi connectivity index (χ1n) is 5.04. The van der Waals surface area contributed by atoms with Gasteiger partial charge >= 0.3 is 0 Å². The number of hydrogen-bond donors (Lipinski definition) is 1. The predicted molar refractivity (Wildman–Crippen MR) is 62.0 cm³/mol. The monoisotopic (exact) mass is 227 g/mol. The second kappa shape index (κ2) is 5.88. The average Bonchev–Trinajstić information content (AvgIpc) is 2.76. The quantitative estimate of drug-likeness (QED) is 0.828. The van der Waals surface area contributed by atoms with Gasteiger partial charge in [0.2, 0.25) is 5.91 Å². The Morgan fingerprint density at radius 2 is 2.40 bits per heavy atom. The summed E-state index contributed by atoms with van der Waals surface area (Å²) < 4.78 is 0. The van der Waals surface area contributed by atoms with E-state index in [0.29, 0.717) is 6.42 Å². The van der Waals surface area contributed by atoms with Gasteiger partial charge in [0.05, 0.1) is 12.6 Å². The normalized spacial score (nSPS) is 12.5. The number of thiophene rings is 1. The highest BCUT2D eigenvalue weighted by Crippen LogP contribution is 2.11. The molecule has 0 saturated carbocycles. The SMILES string of the molecule is CC(CO)N(C)C(=O)CCc1cccs1. The number of carbonyl (C=O) groups excluding carboxylic acids is 1. The molecule has 0 aromatic carbocycles. The molecule has 1 N–H and O–H groups in total. The maximum Gasteiger partial charge on any atom is 0.222 e. The molecule has 1 amide bonds. The second-order valence-electron chi connectivity index (χ2n) is 3.62. The molecule has 0 radical (unpaired) electrons. The Hall–Kier alpha value is -0.870. The fourth-order valence-corrected chi connectivity index (χ4v) is 1.94. The zero-order valence-electron chi connectivity index (χ0n) is 9.14. The topological polar surface area (TPSA) is 40.5 Å². The summed E-state index contributed by atoms with van der Waals surface area (Å²) in [6, 6.07) is 3.93. The fraction of sp³-hybridized carbons (Fsp3) is 0.545. The lowest BCUT2D eigenvalue weighted by Crippen LogP contribution is -2.37. The summed E-state index contributed by atoms with van der Waals surface area (Å²) in [6.07, 6.45) is 1.31. The van der Waals surface area contributed by atoms with Crippen molar-refractivity contribution in [2.24, 2.45) is 0 Å². The minimum absolute atomic E-state index is 0.0151. The highest BCUT2D eigenvalue weighted by Gasteiger charge is 2.14. The third-order valence-electron chi connectivity index (χ3n) is 2.48. The number of likely N-dealkylation sites (N-methyl/N-ethyl adjacent to an activating group) is 1. The van der Waals surface area contributed by atoms with Crippen molar-refractivity contribution in [3.8, 4) is 0 Å². The Kier molecular flexibility index (Phi) is 4.78. The Morgan fingerprint density at radius 1 is 1.67 bits per heavy atom. The largest absolute Gasteiger partial charge is 0.394 e. The van der Waals surface area contributed by atoms with Crippen molar-refractivity contribution in [2.45, 2.75) is 25.8 Å². The van der Waals surface area contributed by atoms with Crippen molar-refractivity contribution in [2.75, 3.05) is 13.7 Å². The van der Waals surface area contributed by atoms with Crippen molar-refractivity contribution >= 4 is 17.2 Å². The second-order valence-corrected chi connectivity index (χ2v) is 4.65. The van der Waals surface area contributed by atoms with Crippen LogP contribution in [0.3, 0.4) is 0 Å². The summed E-state index contributed by atoms with van der Waals surface area (Å²) in [5.41, 5.74) is 0. The molecule has 1 atom stereocenters. The maximum atomic E-state index is 11.7. The van der Waals surface area contributed by atoms with Crippen molar-refractivity contribution in [1.29, 1.82) is 0 Å². The van der Waals surface area contributed by atoms with Crippen LogP contribution in [-0.4, -0.2) is 35.6 Å². The minimum Gasteiger partial charge on any atom is -0.394 e. The first kappa shape index (κ1) is 12.2. The Morgan fingerprint density at radius 3 is 2.93 bits per heavy atom. The lowest BCUT2D eigenvalue weighted by atomic mass is 10.2. The van der Waals surface area contributed by atoms with Crippen molar-refractivity contribution in [3.63, 3.8) is 0 Å². The van der Waals surface area contributed by atoms with Gasteiger partial charge in [-0.2, -0.15) is 0 Å². The molecule has 0 aliphatic heterocycles. The van der Waals surface area contributed by atoms with Crippen molar-refractivity contribution in [1.82, 2.24) is 4.90 Å². The summed E-state index contributed by atoms with van der Waals surface area (Å²) in [5, 5.41) is 10.9. The molecule has 84 valence electrons. The van der Waals surface area contributed by atoms with Crippen LogP contribution in [0.15, 0.2) is 17.5 Å². The van der Waals surface area contributed by atoms with E-state index >= 15 is 0 Å². The first-order valence-corrected chi connectivity index (χ1v) is 5.92. The number of amides is 1. The number of rotatable bonds is 5. The van der Waals surface area contributed by atoms with Crippen LogP contribution in [0, 0.1) is 0 Å². The average molecular weight is 227 g/mol. The Balaban J connectivity index is 2.36. The van der Waals surface area contributed by atoms with Crippen LogP contribution in [-0.2, 0) is 11.2 Å². The molecule has 1 rings (SSSR count). The molecule has 1 heterocycles. The third kappa shape index (κ3) is 3.64. The van der Waals surface area contributed by atoms with Gasteiger partial charge in [0.15, 0.2) is 0 Å². The van der Waals surface area contributed by atoms with E-state index in [1.165, 1.54) is 4.88 Å². The van der Waals surface area contributed by atoms with Gasteiger partial charge in [-0.15, -0.1) is 11.3 Å². The lowest BCUT2D eigenvalue weighted by Gasteiger charge is -2.22. The summed E-state index contributed by atoms with van der Waals surface area (Å²) in [6.45, 7) is 1.85. The maximum absolute atomic E-state index is 11.7. The van der Waals surface area contributed by atoms with Gasteiger partial charge in [-0.1, -0.05) is 6.07 Å². The van der Waals surface area contributed by atoms with Gasteiger partial charge in [0.1, 0.15) is 0 Å². The zero-order valence-corrected chi connectivity index (χ0v) is 9.96. The van der Waals surface area contributed by atoms with Crippen LogP contribution in [0.1, 0.15) is 18.2 Å². The van der Waals surface area contributed by atoms with Crippen LogP contribution in [0.2, 0.25) is 0 Å². The van der Waals surface area contributed by atoms with Crippen LogP contribution in [0.5, 0.6) is 0 Å². The van der Waals surface area contributed by atoms with Gasteiger partial charge in [0.25, 0.3) is 0 Å². The molecular formula is C11H17NO2S. The number of hydrogen-bond acceptors (Lipinski definition) is 3. The van der Waals surface area contributed by atoms with Crippen LogP contribution in [0.4, 0.5) is 0 Å². The Labute approximate surface area is 94.3 Å². The highest BCUT2D eigenvalue weighted by molar-refractivity contribution is 7.09. The molecule has 15 heavy (non-hydrogen) atoms. The minimum atomic E-state index is -0.0964. The van der Waals surface area contributed by atoms with Gasteiger partial charge in [-0.3, -0.25) is 4.79 Å². The van der Waals surface area contributed by atoms with E-state index in [1.807, 2.05) is 24.4 Å². The molecule has 1 aromatic heterocycles. The van der Waals surface area contributed by atoms with Crippen LogP contribution >= 0.6 is 11.3 Å². The lowest BCUT2D eigenvalue weighted by molar-refractivity contribution is -0.132. The van der Waals surface area contributed by atoms with Crippen LogP contribution < -0.4 is 0 Å². The number of nitrogens with zero attached hydrogens (tertiary/aromatic N) is 1. The van der Waals surface area contributed by atoms with Crippen molar-refractivity contribution < 1.29 is 9.90 Å². The molecule has 0 aliphatic rings. The van der Waals surface area contributed by atoms with Crippen LogP contribution in [0.25, 0.3) is 0 Å². The highest BCUT2D eigenvalue weighted by atomic mass is 32.1. The smallest absolute Gasteiger partial charge is 0.222 e. The van der Waals surface area contributed by atoms with E-state index in [4.69, 9.17) is 5.11 Å². The molecule has 0 bridgehead atoms. The Bertz CT molecular complexity index is 298. The zero-order chi connectivity index (χ0) is 11.3. The first-order chi connectivity index (χ1) is 7.15. The number of aliphatic hydroxyl groups excluding tert-OH is 1. The van der Waals surface area contributed by atoms with Gasteiger partial charge in [0, 0.05) is 18.3 Å². The van der Waals surface area contributed by atoms with E-state index in [0.717, 1.165) is 6.42 Å². The van der Waals surface area contributed by atoms with E-state index in [9.17, 15) is 4.79 Å². The van der Waals surface area contributed by atoms with E-state index in [1.54, 1.807) is 23.3 Å². The molecule has 0 fully saturated rings. The number of aliphatic hydroxyl groups is 1. The summed E-state index contributed by atoms with van der Waals surface area (Å²) in [4.78, 5) is 14.5.